The van der Waals surface area contributed by atoms with Gasteiger partial charge >= 0.3 is 5.97 Å². The molecule has 0 radical (unpaired) electrons. The van der Waals surface area contributed by atoms with Gasteiger partial charge in [-0.1, -0.05) is 66.7 Å². The summed E-state index contributed by atoms with van der Waals surface area (Å²) in [5.74, 6) is -0.824. The van der Waals surface area contributed by atoms with Gasteiger partial charge in [-0.15, -0.1) is 0 Å². The minimum Gasteiger partial charge on any atom is -0.478 e. The second-order valence-electron chi connectivity index (χ2n) is 10.8. The molecule has 1 amide bonds. The summed E-state index contributed by atoms with van der Waals surface area (Å²) in [5.41, 5.74) is 7.86. The summed E-state index contributed by atoms with van der Waals surface area (Å²) < 4.78 is 13.4. The van der Waals surface area contributed by atoms with Crippen LogP contribution in [0.25, 0.3) is 11.1 Å². The fourth-order valence-electron chi connectivity index (χ4n) is 5.90. The SMILES string of the molecule is O=C(O)c1cccc(-c2ccc(CNC(=O)[C@H]3C[C@@H]3c3ccccc3)c3c2CCN(Cc2ccc(F)cc2)C3)c1. The van der Waals surface area contributed by atoms with E-state index < -0.39 is 5.97 Å². The Bertz CT molecular complexity index is 1550. The molecule has 1 aliphatic heterocycles. The molecule has 40 heavy (non-hydrogen) atoms. The summed E-state index contributed by atoms with van der Waals surface area (Å²) in [6.45, 7) is 2.66. The summed E-state index contributed by atoms with van der Waals surface area (Å²) in [5, 5.41) is 12.7. The van der Waals surface area contributed by atoms with E-state index in [1.54, 1.807) is 18.2 Å². The van der Waals surface area contributed by atoms with Crippen LogP contribution in [0.3, 0.4) is 0 Å². The number of amides is 1. The lowest BCUT2D eigenvalue weighted by Crippen LogP contribution is -2.32. The van der Waals surface area contributed by atoms with Crippen molar-refractivity contribution in [1.29, 1.82) is 0 Å². The molecule has 4 aromatic carbocycles. The van der Waals surface area contributed by atoms with Gasteiger partial charge in [0.15, 0.2) is 0 Å². The Labute approximate surface area is 233 Å². The van der Waals surface area contributed by atoms with Gasteiger partial charge in [-0.25, -0.2) is 9.18 Å². The van der Waals surface area contributed by atoms with Gasteiger partial charge < -0.3 is 10.4 Å². The zero-order valence-corrected chi connectivity index (χ0v) is 22.1. The average Bonchev–Trinajstić information content (AvgIpc) is 3.79. The number of aromatic carboxylic acids is 1. The highest BCUT2D eigenvalue weighted by atomic mass is 19.1. The Morgan fingerprint density at radius 1 is 0.925 bits per heavy atom. The Balaban J connectivity index is 1.25. The lowest BCUT2D eigenvalue weighted by molar-refractivity contribution is -0.122. The highest BCUT2D eigenvalue weighted by molar-refractivity contribution is 5.89. The second kappa shape index (κ2) is 11.1. The molecule has 2 aliphatic rings. The monoisotopic (exact) mass is 534 g/mol. The van der Waals surface area contributed by atoms with Crippen molar-refractivity contribution in [2.24, 2.45) is 5.92 Å². The van der Waals surface area contributed by atoms with Crippen molar-refractivity contribution in [3.63, 3.8) is 0 Å². The maximum Gasteiger partial charge on any atom is 0.335 e. The molecule has 2 N–H and O–H groups in total. The van der Waals surface area contributed by atoms with Gasteiger partial charge in [0.2, 0.25) is 5.91 Å². The third-order valence-corrected chi connectivity index (χ3v) is 8.14. The first-order chi connectivity index (χ1) is 19.5. The van der Waals surface area contributed by atoms with Gasteiger partial charge in [0.25, 0.3) is 0 Å². The molecular formula is C34H31FN2O3. The minimum atomic E-state index is -0.950. The molecule has 5 nitrogen and oxygen atoms in total. The fourth-order valence-corrected chi connectivity index (χ4v) is 5.90. The number of fused-ring (bicyclic) bond motifs is 1. The molecule has 1 saturated carbocycles. The summed E-state index contributed by atoms with van der Waals surface area (Å²) in [7, 11) is 0. The van der Waals surface area contributed by atoms with E-state index in [9.17, 15) is 19.1 Å². The maximum atomic E-state index is 13.4. The highest BCUT2D eigenvalue weighted by Gasteiger charge is 2.43. The van der Waals surface area contributed by atoms with Crippen LogP contribution in [0, 0.1) is 11.7 Å². The molecule has 1 aliphatic carbocycles. The first-order valence-corrected chi connectivity index (χ1v) is 13.7. The van der Waals surface area contributed by atoms with Gasteiger partial charge in [-0.2, -0.15) is 0 Å². The molecular weight excluding hydrogens is 503 g/mol. The average molecular weight is 535 g/mol. The fraction of sp³-hybridized carbons (Fsp3) is 0.235. The Hall–Kier alpha value is -4.29. The predicted molar refractivity (Wildman–Crippen MR) is 152 cm³/mol. The van der Waals surface area contributed by atoms with E-state index in [0.717, 1.165) is 41.6 Å². The van der Waals surface area contributed by atoms with Crippen LogP contribution in [0.4, 0.5) is 4.39 Å². The molecule has 1 fully saturated rings. The molecule has 6 heteroatoms. The number of carbonyl (C=O) groups excluding carboxylic acids is 1. The number of carbonyl (C=O) groups is 2. The van der Waals surface area contributed by atoms with E-state index in [1.807, 2.05) is 36.4 Å². The Kier molecular flexibility index (Phi) is 7.18. The van der Waals surface area contributed by atoms with Crippen LogP contribution in [0.15, 0.2) is 91.0 Å². The molecule has 0 saturated heterocycles. The van der Waals surface area contributed by atoms with Crippen LogP contribution in [-0.2, 0) is 30.8 Å². The normalized spacial score (nSPS) is 18.1. The summed E-state index contributed by atoms with van der Waals surface area (Å²) in [6.07, 6.45) is 1.67. The van der Waals surface area contributed by atoms with Crippen molar-refractivity contribution in [2.45, 2.75) is 38.4 Å². The number of benzene rings is 4. The number of nitrogens with zero attached hydrogens (tertiary/aromatic N) is 1. The van der Waals surface area contributed by atoms with Crippen LogP contribution in [-0.4, -0.2) is 28.4 Å². The largest absolute Gasteiger partial charge is 0.478 e. The van der Waals surface area contributed by atoms with Crippen molar-refractivity contribution < 1.29 is 19.1 Å². The smallest absolute Gasteiger partial charge is 0.335 e. The molecule has 1 heterocycles. The number of halogens is 1. The molecule has 0 aromatic heterocycles. The van der Waals surface area contributed by atoms with E-state index in [-0.39, 0.29) is 29.1 Å². The number of carboxylic acid groups (broad SMARTS) is 1. The number of hydrogen-bond donors (Lipinski definition) is 2. The molecule has 0 bridgehead atoms. The van der Waals surface area contributed by atoms with Crippen LogP contribution in [0.1, 0.15) is 50.5 Å². The first kappa shape index (κ1) is 26.0. The molecule has 2 atom stereocenters. The van der Waals surface area contributed by atoms with Gasteiger partial charge in [0.05, 0.1) is 5.56 Å². The number of nitrogens with one attached hydrogen (secondary N) is 1. The Morgan fingerprint density at radius 3 is 2.50 bits per heavy atom. The van der Waals surface area contributed by atoms with E-state index >= 15 is 0 Å². The predicted octanol–water partition coefficient (Wildman–Crippen LogP) is 6.17. The zero-order chi connectivity index (χ0) is 27.6. The van der Waals surface area contributed by atoms with E-state index in [4.69, 9.17) is 0 Å². The van der Waals surface area contributed by atoms with E-state index in [0.29, 0.717) is 19.6 Å². The molecule has 202 valence electrons. The van der Waals surface area contributed by atoms with E-state index in [2.05, 4.69) is 34.5 Å². The third-order valence-electron chi connectivity index (χ3n) is 8.14. The van der Waals surface area contributed by atoms with Crippen molar-refractivity contribution in [3.05, 3.63) is 130 Å². The number of hydrogen-bond acceptors (Lipinski definition) is 3. The maximum absolute atomic E-state index is 13.4. The van der Waals surface area contributed by atoms with Crippen LogP contribution < -0.4 is 5.32 Å². The molecule has 4 aromatic rings. The number of carboxylic acids is 1. The van der Waals surface area contributed by atoms with Crippen molar-refractivity contribution >= 4 is 11.9 Å². The standard InChI is InChI=1S/C34H31FN2O3/c35-27-12-9-22(10-13-27)20-37-16-15-29-28(24-7-4-8-25(17-24)34(39)40)14-11-26(32(29)21-37)19-36-33(38)31-18-30(31)23-5-2-1-3-6-23/h1-14,17,30-31H,15-16,18-21H2,(H,36,38)(H,39,40)/t30-,31+/m1/s1. The minimum absolute atomic E-state index is 0.00577. The van der Waals surface area contributed by atoms with Crippen LogP contribution >= 0.6 is 0 Å². The van der Waals surface area contributed by atoms with Crippen molar-refractivity contribution in [3.8, 4) is 11.1 Å². The highest BCUT2D eigenvalue weighted by Crippen LogP contribution is 2.47. The molecule has 6 rings (SSSR count). The van der Waals surface area contributed by atoms with Crippen molar-refractivity contribution in [2.75, 3.05) is 6.54 Å². The third kappa shape index (κ3) is 5.54. The lowest BCUT2D eigenvalue weighted by atomic mass is 9.87. The summed E-state index contributed by atoms with van der Waals surface area (Å²) in [4.78, 5) is 27.0. The Morgan fingerprint density at radius 2 is 1.73 bits per heavy atom. The number of rotatable bonds is 8. The molecule has 0 unspecified atom stereocenters. The second-order valence-corrected chi connectivity index (χ2v) is 10.8. The van der Waals surface area contributed by atoms with Gasteiger partial charge in [-0.3, -0.25) is 9.69 Å². The van der Waals surface area contributed by atoms with Gasteiger partial charge in [0.1, 0.15) is 5.82 Å². The summed E-state index contributed by atoms with van der Waals surface area (Å²) in [6, 6.07) is 28.0. The first-order valence-electron chi connectivity index (χ1n) is 13.7. The van der Waals surface area contributed by atoms with Crippen LogP contribution in [0.2, 0.25) is 0 Å². The summed E-state index contributed by atoms with van der Waals surface area (Å²) >= 11 is 0. The van der Waals surface area contributed by atoms with Gasteiger partial charge in [0, 0.05) is 32.1 Å². The van der Waals surface area contributed by atoms with E-state index in [1.165, 1.54) is 28.8 Å². The lowest BCUT2D eigenvalue weighted by Gasteiger charge is -2.32. The topological polar surface area (TPSA) is 69.6 Å². The zero-order valence-electron chi connectivity index (χ0n) is 22.1. The van der Waals surface area contributed by atoms with Crippen LogP contribution in [0.5, 0.6) is 0 Å². The quantitative estimate of drug-likeness (QED) is 0.284. The molecule has 0 spiro atoms. The van der Waals surface area contributed by atoms with Crippen molar-refractivity contribution in [1.82, 2.24) is 10.2 Å². The van der Waals surface area contributed by atoms with Gasteiger partial charge in [-0.05, 0) is 82.0 Å².